The summed E-state index contributed by atoms with van der Waals surface area (Å²) < 4.78 is 5.64. The average Bonchev–Trinajstić information content (AvgIpc) is 3.15. The van der Waals surface area contributed by atoms with Crippen molar-refractivity contribution in [1.29, 1.82) is 0 Å². The van der Waals surface area contributed by atoms with Crippen molar-refractivity contribution >= 4 is 18.0 Å². The maximum Gasteiger partial charge on any atom is 0.407 e. The molecule has 1 fully saturated rings. The Labute approximate surface area is 205 Å². The zero-order valence-electron chi connectivity index (χ0n) is 20.4. The van der Waals surface area contributed by atoms with Gasteiger partial charge in [0, 0.05) is 25.0 Å². The van der Waals surface area contributed by atoms with Crippen LogP contribution >= 0.6 is 0 Å². The molecule has 2 aromatic rings. The molecule has 1 saturated heterocycles. The van der Waals surface area contributed by atoms with Gasteiger partial charge >= 0.3 is 12.1 Å². The van der Waals surface area contributed by atoms with Crippen LogP contribution in [0.4, 0.5) is 4.79 Å². The number of fused-ring (bicyclic) bond motifs is 3. The van der Waals surface area contributed by atoms with Crippen LogP contribution in [-0.4, -0.2) is 78.8 Å². The van der Waals surface area contributed by atoms with Crippen molar-refractivity contribution in [3.05, 3.63) is 59.7 Å². The third-order valence-electron chi connectivity index (χ3n) is 7.07. The number of nitrogens with zero attached hydrogens (tertiary/aromatic N) is 2. The Morgan fingerprint density at radius 2 is 1.69 bits per heavy atom. The fraction of sp³-hybridized carbons (Fsp3) is 0.444. The van der Waals surface area contributed by atoms with E-state index in [1.807, 2.05) is 43.3 Å². The minimum absolute atomic E-state index is 0.0745. The van der Waals surface area contributed by atoms with Gasteiger partial charge in [-0.25, -0.2) is 4.79 Å². The van der Waals surface area contributed by atoms with Gasteiger partial charge in [0.1, 0.15) is 12.6 Å². The molecule has 2 aromatic carbocycles. The molecule has 186 valence electrons. The fourth-order valence-corrected chi connectivity index (χ4v) is 5.32. The monoisotopic (exact) mass is 479 g/mol. The van der Waals surface area contributed by atoms with E-state index in [2.05, 4.69) is 29.6 Å². The van der Waals surface area contributed by atoms with E-state index >= 15 is 0 Å². The Kier molecular flexibility index (Phi) is 7.40. The predicted molar refractivity (Wildman–Crippen MR) is 132 cm³/mol. The summed E-state index contributed by atoms with van der Waals surface area (Å²) in [4.78, 5) is 41.2. The SMILES string of the molecule is CC1C(C(=O)O)CCCN1C(=O)[C@H](CN(C)C)NC(=O)OCC1c2ccccc2-c2ccccc21. The van der Waals surface area contributed by atoms with E-state index in [-0.39, 0.29) is 25.0 Å². The molecular formula is C27H33N3O5. The van der Waals surface area contributed by atoms with Crippen molar-refractivity contribution in [2.45, 2.75) is 37.8 Å². The second kappa shape index (κ2) is 10.5. The number of hydrogen-bond acceptors (Lipinski definition) is 5. The van der Waals surface area contributed by atoms with Crippen molar-refractivity contribution in [3.63, 3.8) is 0 Å². The number of ether oxygens (including phenoxy) is 1. The van der Waals surface area contributed by atoms with E-state index in [1.165, 1.54) is 0 Å². The zero-order chi connectivity index (χ0) is 25.1. The summed E-state index contributed by atoms with van der Waals surface area (Å²) in [6, 6.07) is 14.9. The highest BCUT2D eigenvalue weighted by Crippen LogP contribution is 2.44. The van der Waals surface area contributed by atoms with Gasteiger partial charge in [0.25, 0.3) is 0 Å². The number of benzene rings is 2. The Morgan fingerprint density at radius 1 is 1.09 bits per heavy atom. The molecular weight excluding hydrogens is 446 g/mol. The second-order valence-electron chi connectivity index (χ2n) is 9.64. The first-order chi connectivity index (χ1) is 16.8. The van der Waals surface area contributed by atoms with Crippen LogP contribution in [0.3, 0.4) is 0 Å². The smallest absolute Gasteiger partial charge is 0.407 e. The zero-order valence-corrected chi connectivity index (χ0v) is 20.4. The minimum Gasteiger partial charge on any atom is -0.481 e. The van der Waals surface area contributed by atoms with Crippen molar-refractivity contribution in [3.8, 4) is 11.1 Å². The number of piperidine rings is 1. The number of likely N-dealkylation sites (N-methyl/N-ethyl adjacent to an activating group) is 1. The molecule has 0 radical (unpaired) electrons. The summed E-state index contributed by atoms with van der Waals surface area (Å²) in [7, 11) is 3.64. The van der Waals surface area contributed by atoms with Crippen molar-refractivity contribution < 1.29 is 24.2 Å². The van der Waals surface area contributed by atoms with Gasteiger partial charge in [0.2, 0.25) is 5.91 Å². The summed E-state index contributed by atoms with van der Waals surface area (Å²) in [5, 5.41) is 12.3. The molecule has 0 saturated carbocycles. The van der Waals surface area contributed by atoms with E-state index < -0.39 is 30.1 Å². The number of carbonyl (C=O) groups is 3. The first-order valence-electron chi connectivity index (χ1n) is 12.1. The lowest BCUT2D eigenvalue weighted by Crippen LogP contribution is -2.58. The molecule has 8 heteroatoms. The van der Waals surface area contributed by atoms with Crippen LogP contribution in [-0.2, 0) is 14.3 Å². The van der Waals surface area contributed by atoms with E-state index in [4.69, 9.17) is 4.74 Å². The van der Waals surface area contributed by atoms with E-state index in [9.17, 15) is 19.5 Å². The van der Waals surface area contributed by atoms with Gasteiger partial charge in [-0.05, 0) is 56.1 Å². The maximum atomic E-state index is 13.4. The number of likely N-dealkylation sites (tertiary alicyclic amines) is 1. The van der Waals surface area contributed by atoms with E-state index in [0.29, 0.717) is 19.4 Å². The molecule has 1 heterocycles. The van der Waals surface area contributed by atoms with Crippen LogP contribution in [0.15, 0.2) is 48.5 Å². The number of nitrogens with one attached hydrogen (secondary N) is 1. The minimum atomic E-state index is -0.899. The Bertz CT molecular complexity index is 1060. The number of carbonyl (C=O) groups excluding carboxylic acids is 2. The molecule has 1 aliphatic heterocycles. The van der Waals surface area contributed by atoms with Gasteiger partial charge in [0.15, 0.2) is 0 Å². The quantitative estimate of drug-likeness (QED) is 0.633. The number of rotatable bonds is 7. The van der Waals surface area contributed by atoms with Crippen LogP contribution in [0.1, 0.15) is 36.8 Å². The summed E-state index contributed by atoms with van der Waals surface area (Å²) in [5.74, 6) is -1.87. The second-order valence-corrected chi connectivity index (χ2v) is 9.64. The van der Waals surface area contributed by atoms with Gasteiger partial charge in [-0.2, -0.15) is 0 Å². The van der Waals surface area contributed by atoms with Gasteiger partial charge in [0.05, 0.1) is 5.92 Å². The molecule has 0 bridgehead atoms. The Morgan fingerprint density at radius 3 is 2.26 bits per heavy atom. The number of amides is 2. The standard InChI is InChI=1S/C27H33N3O5/c1-17-18(26(32)33)13-8-14-30(17)25(31)24(15-29(2)3)28-27(34)35-16-23-21-11-6-4-9-19(21)20-10-5-7-12-22(20)23/h4-7,9-12,17-18,23-24H,8,13-16H2,1-3H3,(H,28,34)(H,32,33)/t17?,18?,24-/m0/s1. The van der Waals surface area contributed by atoms with Gasteiger partial charge < -0.3 is 25.0 Å². The van der Waals surface area contributed by atoms with Crippen molar-refractivity contribution in [1.82, 2.24) is 15.1 Å². The van der Waals surface area contributed by atoms with Crippen LogP contribution in [0.5, 0.6) is 0 Å². The van der Waals surface area contributed by atoms with Gasteiger partial charge in [-0.15, -0.1) is 0 Å². The lowest BCUT2D eigenvalue weighted by molar-refractivity contribution is -0.149. The molecule has 0 aromatic heterocycles. The highest BCUT2D eigenvalue weighted by Gasteiger charge is 2.38. The lowest BCUT2D eigenvalue weighted by Gasteiger charge is -2.39. The van der Waals surface area contributed by atoms with Crippen molar-refractivity contribution in [2.75, 3.05) is 33.8 Å². The largest absolute Gasteiger partial charge is 0.481 e. The van der Waals surface area contributed by atoms with E-state index in [1.54, 1.807) is 11.8 Å². The highest BCUT2D eigenvalue weighted by molar-refractivity contribution is 5.87. The number of aliphatic carboxylic acids is 1. The molecule has 2 N–H and O–H groups in total. The van der Waals surface area contributed by atoms with Crippen molar-refractivity contribution in [2.24, 2.45) is 5.92 Å². The Balaban J connectivity index is 1.44. The summed E-state index contributed by atoms with van der Waals surface area (Å²) in [5.41, 5.74) is 4.52. The normalized spacial score (nSPS) is 20.2. The Hall–Kier alpha value is -3.39. The predicted octanol–water partition coefficient (Wildman–Crippen LogP) is 3.17. The number of carboxylic acids is 1. The molecule has 3 atom stereocenters. The maximum absolute atomic E-state index is 13.4. The summed E-state index contributed by atoms with van der Waals surface area (Å²) in [6.45, 7) is 2.67. The average molecular weight is 480 g/mol. The number of hydrogen-bond donors (Lipinski definition) is 2. The van der Waals surface area contributed by atoms with E-state index in [0.717, 1.165) is 22.3 Å². The molecule has 2 amide bonds. The highest BCUT2D eigenvalue weighted by atomic mass is 16.5. The fourth-order valence-electron chi connectivity index (χ4n) is 5.32. The third kappa shape index (κ3) is 5.17. The number of alkyl carbamates (subject to hydrolysis) is 1. The van der Waals surface area contributed by atoms with Gasteiger partial charge in [-0.3, -0.25) is 9.59 Å². The molecule has 4 rings (SSSR count). The van der Waals surface area contributed by atoms with Crippen LogP contribution in [0, 0.1) is 5.92 Å². The third-order valence-corrected chi connectivity index (χ3v) is 7.07. The summed E-state index contributed by atoms with van der Waals surface area (Å²) >= 11 is 0. The molecule has 35 heavy (non-hydrogen) atoms. The molecule has 0 spiro atoms. The van der Waals surface area contributed by atoms with Crippen LogP contribution in [0.2, 0.25) is 0 Å². The molecule has 8 nitrogen and oxygen atoms in total. The first-order valence-corrected chi connectivity index (χ1v) is 12.1. The van der Waals surface area contributed by atoms with Gasteiger partial charge in [-0.1, -0.05) is 48.5 Å². The number of carboxylic acid groups (broad SMARTS) is 1. The van der Waals surface area contributed by atoms with Crippen LogP contribution in [0.25, 0.3) is 11.1 Å². The van der Waals surface area contributed by atoms with Crippen LogP contribution < -0.4 is 5.32 Å². The molecule has 2 aliphatic rings. The first kappa shape index (κ1) is 24.7. The topological polar surface area (TPSA) is 99.2 Å². The lowest BCUT2D eigenvalue weighted by atomic mass is 9.90. The summed E-state index contributed by atoms with van der Waals surface area (Å²) in [6.07, 6.45) is 0.497. The molecule has 2 unspecified atom stereocenters. The molecule has 1 aliphatic carbocycles.